The minimum absolute atomic E-state index is 0.131. The van der Waals surface area contributed by atoms with Crippen LogP contribution in [0.4, 0.5) is 0 Å². The molecule has 3 nitrogen and oxygen atoms in total. The van der Waals surface area contributed by atoms with E-state index >= 15 is 0 Å². The van der Waals surface area contributed by atoms with Crippen molar-refractivity contribution < 1.29 is 9.90 Å². The zero-order valence-electron chi connectivity index (χ0n) is 10.6. The van der Waals surface area contributed by atoms with Gasteiger partial charge in [-0.15, -0.1) is 0 Å². The van der Waals surface area contributed by atoms with Crippen LogP contribution in [0.1, 0.15) is 30.6 Å². The van der Waals surface area contributed by atoms with Gasteiger partial charge in [0.25, 0.3) is 5.91 Å². The molecule has 2 aromatic carbocycles. The molecule has 0 spiro atoms. The van der Waals surface area contributed by atoms with Crippen molar-refractivity contribution in [2.45, 2.75) is 26.3 Å². The highest BCUT2D eigenvalue weighted by Crippen LogP contribution is 2.26. The lowest BCUT2D eigenvalue weighted by Gasteiger charge is -2.12. The number of hydrogen-bond donors (Lipinski definition) is 2. The van der Waals surface area contributed by atoms with Crippen LogP contribution >= 0.6 is 0 Å². The maximum Gasteiger partial charge on any atom is 0.251 e. The molecule has 3 heteroatoms. The molecule has 0 saturated carbocycles. The third-order valence-corrected chi connectivity index (χ3v) is 3.09. The Morgan fingerprint density at radius 3 is 2.78 bits per heavy atom. The van der Waals surface area contributed by atoms with E-state index in [2.05, 4.69) is 5.32 Å². The van der Waals surface area contributed by atoms with Crippen LogP contribution < -0.4 is 5.32 Å². The second-order valence-corrected chi connectivity index (χ2v) is 4.50. The number of nitrogens with one attached hydrogen (secondary N) is 1. The topological polar surface area (TPSA) is 49.3 Å². The molecule has 0 aliphatic heterocycles. The number of aromatic hydroxyl groups is 1. The summed E-state index contributed by atoms with van der Waals surface area (Å²) >= 11 is 0. The Bertz CT molecular complexity index is 578. The molecule has 0 heterocycles. The van der Waals surface area contributed by atoms with Crippen LogP contribution in [0.3, 0.4) is 0 Å². The van der Waals surface area contributed by atoms with E-state index in [1.54, 1.807) is 6.07 Å². The normalized spacial score (nSPS) is 12.3. The molecular formula is C15H17NO2. The van der Waals surface area contributed by atoms with Crippen LogP contribution in [0.15, 0.2) is 36.4 Å². The van der Waals surface area contributed by atoms with Gasteiger partial charge in [-0.05, 0) is 30.9 Å². The van der Waals surface area contributed by atoms with E-state index in [9.17, 15) is 9.90 Å². The SMILES string of the molecule is CCC(C)NC(=O)c1cc(O)c2ccccc2c1. The van der Waals surface area contributed by atoms with E-state index in [-0.39, 0.29) is 17.7 Å². The van der Waals surface area contributed by atoms with E-state index in [0.29, 0.717) is 5.56 Å². The van der Waals surface area contributed by atoms with Crippen LogP contribution in [-0.4, -0.2) is 17.1 Å². The maximum absolute atomic E-state index is 12.0. The first-order chi connectivity index (χ1) is 8.61. The fourth-order valence-electron chi connectivity index (χ4n) is 1.83. The van der Waals surface area contributed by atoms with E-state index in [4.69, 9.17) is 0 Å². The summed E-state index contributed by atoms with van der Waals surface area (Å²) in [6.45, 7) is 3.97. The number of amides is 1. The summed E-state index contributed by atoms with van der Waals surface area (Å²) in [5.74, 6) is -0.00666. The molecule has 1 amide bonds. The largest absolute Gasteiger partial charge is 0.507 e. The summed E-state index contributed by atoms with van der Waals surface area (Å²) < 4.78 is 0. The Kier molecular flexibility index (Phi) is 3.51. The van der Waals surface area contributed by atoms with Gasteiger partial charge in [0.15, 0.2) is 0 Å². The molecule has 1 unspecified atom stereocenters. The molecule has 94 valence electrons. The Balaban J connectivity index is 2.37. The van der Waals surface area contributed by atoms with Gasteiger partial charge >= 0.3 is 0 Å². The Morgan fingerprint density at radius 2 is 2.06 bits per heavy atom. The lowest BCUT2D eigenvalue weighted by Crippen LogP contribution is -2.31. The zero-order chi connectivity index (χ0) is 13.1. The van der Waals surface area contributed by atoms with E-state index in [1.165, 1.54) is 6.07 Å². The zero-order valence-corrected chi connectivity index (χ0v) is 10.6. The molecule has 0 saturated heterocycles. The fourth-order valence-corrected chi connectivity index (χ4v) is 1.83. The van der Waals surface area contributed by atoms with Crippen LogP contribution in [0.2, 0.25) is 0 Å². The predicted molar refractivity (Wildman–Crippen MR) is 72.8 cm³/mol. The number of hydrogen-bond acceptors (Lipinski definition) is 2. The highest BCUT2D eigenvalue weighted by atomic mass is 16.3. The van der Waals surface area contributed by atoms with Crippen LogP contribution in [0, 0.1) is 0 Å². The second kappa shape index (κ2) is 5.08. The van der Waals surface area contributed by atoms with Gasteiger partial charge in [0.1, 0.15) is 5.75 Å². The summed E-state index contributed by atoms with van der Waals surface area (Å²) in [4.78, 5) is 12.0. The first-order valence-corrected chi connectivity index (χ1v) is 6.14. The molecule has 0 aromatic heterocycles. The average Bonchev–Trinajstić information content (AvgIpc) is 2.38. The quantitative estimate of drug-likeness (QED) is 0.870. The average molecular weight is 243 g/mol. The van der Waals surface area contributed by atoms with Crippen molar-refractivity contribution in [3.8, 4) is 5.75 Å². The first kappa shape index (κ1) is 12.4. The Morgan fingerprint density at radius 1 is 1.33 bits per heavy atom. The third kappa shape index (κ3) is 2.45. The van der Waals surface area contributed by atoms with Crippen molar-refractivity contribution >= 4 is 16.7 Å². The van der Waals surface area contributed by atoms with Gasteiger partial charge in [0, 0.05) is 17.0 Å². The molecule has 2 rings (SSSR count). The standard InChI is InChI=1S/C15H17NO2/c1-3-10(2)16-15(18)12-8-11-6-4-5-7-13(11)14(17)9-12/h4-10,17H,3H2,1-2H3,(H,16,18). The minimum Gasteiger partial charge on any atom is -0.507 e. The van der Waals surface area contributed by atoms with Crippen molar-refractivity contribution in [3.05, 3.63) is 42.0 Å². The summed E-state index contributed by atoms with van der Waals surface area (Å²) in [6, 6.07) is 10.9. The Hall–Kier alpha value is -2.03. The number of carbonyl (C=O) groups is 1. The van der Waals surface area contributed by atoms with Crippen LogP contribution in [0.5, 0.6) is 5.75 Å². The third-order valence-electron chi connectivity index (χ3n) is 3.09. The van der Waals surface area contributed by atoms with Gasteiger partial charge in [-0.3, -0.25) is 4.79 Å². The summed E-state index contributed by atoms with van der Waals surface area (Å²) in [6.07, 6.45) is 0.880. The predicted octanol–water partition coefficient (Wildman–Crippen LogP) is 3.07. The van der Waals surface area contributed by atoms with Gasteiger partial charge in [-0.25, -0.2) is 0 Å². The van der Waals surface area contributed by atoms with E-state index in [1.807, 2.05) is 38.1 Å². The molecule has 18 heavy (non-hydrogen) atoms. The number of phenolic OH excluding ortho intramolecular Hbond substituents is 1. The number of phenols is 1. The summed E-state index contributed by atoms with van der Waals surface area (Å²) in [7, 11) is 0. The van der Waals surface area contributed by atoms with E-state index < -0.39 is 0 Å². The molecule has 0 bridgehead atoms. The molecule has 2 aromatic rings. The van der Waals surface area contributed by atoms with Crippen molar-refractivity contribution in [2.75, 3.05) is 0 Å². The molecule has 0 radical (unpaired) electrons. The molecule has 1 atom stereocenters. The highest BCUT2D eigenvalue weighted by Gasteiger charge is 2.11. The molecule has 0 aliphatic carbocycles. The van der Waals surface area contributed by atoms with Crippen LogP contribution in [0.25, 0.3) is 10.8 Å². The monoisotopic (exact) mass is 243 g/mol. The molecule has 0 fully saturated rings. The van der Waals surface area contributed by atoms with Crippen LogP contribution in [-0.2, 0) is 0 Å². The van der Waals surface area contributed by atoms with Gasteiger partial charge < -0.3 is 10.4 Å². The smallest absolute Gasteiger partial charge is 0.251 e. The van der Waals surface area contributed by atoms with Crippen molar-refractivity contribution in [1.82, 2.24) is 5.32 Å². The maximum atomic E-state index is 12.0. The fraction of sp³-hybridized carbons (Fsp3) is 0.267. The lowest BCUT2D eigenvalue weighted by atomic mass is 10.1. The molecule has 2 N–H and O–H groups in total. The van der Waals surface area contributed by atoms with Crippen molar-refractivity contribution in [3.63, 3.8) is 0 Å². The van der Waals surface area contributed by atoms with E-state index in [0.717, 1.165) is 17.2 Å². The second-order valence-electron chi connectivity index (χ2n) is 4.50. The number of benzene rings is 2. The summed E-state index contributed by atoms with van der Waals surface area (Å²) in [5.41, 5.74) is 0.492. The molecule has 0 aliphatic rings. The number of fused-ring (bicyclic) bond motifs is 1. The lowest BCUT2D eigenvalue weighted by molar-refractivity contribution is 0.0939. The highest BCUT2D eigenvalue weighted by molar-refractivity contribution is 6.00. The van der Waals surface area contributed by atoms with Crippen molar-refractivity contribution in [1.29, 1.82) is 0 Å². The van der Waals surface area contributed by atoms with Gasteiger partial charge in [0.05, 0.1) is 0 Å². The number of rotatable bonds is 3. The van der Waals surface area contributed by atoms with Gasteiger partial charge in [-0.2, -0.15) is 0 Å². The van der Waals surface area contributed by atoms with Crippen molar-refractivity contribution in [2.24, 2.45) is 0 Å². The first-order valence-electron chi connectivity index (χ1n) is 6.14. The Labute approximate surface area is 106 Å². The van der Waals surface area contributed by atoms with Gasteiger partial charge in [-0.1, -0.05) is 31.2 Å². The number of carbonyl (C=O) groups excluding carboxylic acids is 1. The van der Waals surface area contributed by atoms with Gasteiger partial charge in [0.2, 0.25) is 0 Å². The summed E-state index contributed by atoms with van der Waals surface area (Å²) in [5, 5.41) is 14.4. The minimum atomic E-state index is -0.148. The molecular weight excluding hydrogens is 226 g/mol.